The molecule has 0 aliphatic heterocycles. The minimum atomic E-state index is -1.06. The molecule has 3 N–H and O–H groups in total. The molecule has 0 spiro atoms. The highest BCUT2D eigenvalue weighted by molar-refractivity contribution is 9.10. The van der Waals surface area contributed by atoms with Crippen molar-refractivity contribution in [1.29, 1.82) is 0 Å². The van der Waals surface area contributed by atoms with Crippen LogP contribution in [0.1, 0.15) is 12.5 Å². The molecule has 0 bridgehead atoms. The van der Waals surface area contributed by atoms with Gasteiger partial charge < -0.3 is 11.1 Å². The van der Waals surface area contributed by atoms with E-state index in [0.717, 1.165) is 15.7 Å². The Balaban J connectivity index is 2.40. The summed E-state index contributed by atoms with van der Waals surface area (Å²) in [7, 11) is 0. The van der Waals surface area contributed by atoms with E-state index in [9.17, 15) is 4.79 Å². The van der Waals surface area contributed by atoms with Gasteiger partial charge in [0.25, 0.3) is 0 Å². The molecule has 0 fully saturated rings. The van der Waals surface area contributed by atoms with Crippen molar-refractivity contribution in [3.8, 4) is 0 Å². The summed E-state index contributed by atoms with van der Waals surface area (Å²) < 4.78 is 0.733. The molecule has 0 heterocycles. The van der Waals surface area contributed by atoms with E-state index in [0.29, 0.717) is 10.0 Å². The maximum absolute atomic E-state index is 12.0. The van der Waals surface area contributed by atoms with Gasteiger partial charge in [-0.25, -0.2) is 0 Å². The van der Waals surface area contributed by atoms with Gasteiger partial charge in [0.05, 0.1) is 5.02 Å². The van der Waals surface area contributed by atoms with E-state index in [1.165, 1.54) is 0 Å². The molecule has 1 amide bonds. The number of benzene rings is 2. The van der Waals surface area contributed by atoms with Crippen molar-refractivity contribution in [1.82, 2.24) is 0 Å². The van der Waals surface area contributed by atoms with Crippen LogP contribution in [0.15, 0.2) is 46.9 Å². The highest BCUT2D eigenvalue weighted by Gasteiger charge is 2.33. The number of halogens is 3. The van der Waals surface area contributed by atoms with Crippen LogP contribution in [0.2, 0.25) is 10.0 Å². The summed E-state index contributed by atoms with van der Waals surface area (Å²) in [6, 6.07) is 12.3. The Labute approximate surface area is 141 Å². The predicted octanol–water partition coefficient (Wildman–Crippen LogP) is 4.57. The lowest BCUT2D eigenvalue weighted by Crippen LogP contribution is -2.45. The average Bonchev–Trinajstić information content (AvgIpc) is 2.43. The Morgan fingerprint density at radius 1 is 1.19 bits per heavy atom. The van der Waals surface area contributed by atoms with Gasteiger partial charge in [0.15, 0.2) is 0 Å². The zero-order valence-corrected chi connectivity index (χ0v) is 14.3. The van der Waals surface area contributed by atoms with Crippen LogP contribution in [0, 0.1) is 0 Å². The Bertz CT molecular complexity index is 676. The highest BCUT2D eigenvalue weighted by atomic mass is 79.9. The summed E-state index contributed by atoms with van der Waals surface area (Å²) in [5.74, 6) is -0.490. The number of amides is 1. The van der Waals surface area contributed by atoms with Crippen molar-refractivity contribution in [2.24, 2.45) is 5.73 Å². The molecule has 0 radical (unpaired) electrons. The normalized spacial score (nSPS) is 13.5. The number of nitrogens with one attached hydrogen (secondary N) is 1. The first-order chi connectivity index (χ1) is 9.83. The van der Waals surface area contributed by atoms with Crippen LogP contribution in [-0.4, -0.2) is 5.91 Å². The summed E-state index contributed by atoms with van der Waals surface area (Å²) in [5, 5.41) is 4.34. The van der Waals surface area contributed by atoms with Crippen molar-refractivity contribution in [3.05, 3.63) is 62.5 Å². The number of hydrogen-bond acceptors (Lipinski definition) is 2. The van der Waals surface area contributed by atoms with Gasteiger partial charge in [-0.05, 0) is 58.7 Å². The molecule has 0 saturated heterocycles. The smallest absolute Gasteiger partial charge is 0.247 e. The van der Waals surface area contributed by atoms with E-state index in [4.69, 9.17) is 28.9 Å². The lowest BCUT2D eigenvalue weighted by atomic mass is 9.91. The van der Waals surface area contributed by atoms with Crippen molar-refractivity contribution in [2.45, 2.75) is 12.5 Å². The largest absolute Gasteiger partial charge is 0.368 e. The van der Waals surface area contributed by atoms with Crippen LogP contribution >= 0.6 is 39.1 Å². The number of rotatable bonds is 4. The fourth-order valence-electron chi connectivity index (χ4n) is 1.92. The Hall–Kier alpha value is -1.23. The van der Waals surface area contributed by atoms with Gasteiger partial charge in [-0.1, -0.05) is 35.3 Å². The Kier molecular flexibility index (Phi) is 4.81. The summed E-state index contributed by atoms with van der Waals surface area (Å²) in [5.41, 5.74) is 5.98. The van der Waals surface area contributed by atoms with Crippen LogP contribution in [0.3, 0.4) is 0 Å². The van der Waals surface area contributed by atoms with Crippen molar-refractivity contribution < 1.29 is 4.79 Å². The number of primary amides is 1. The third-order valence-corrected chi connectivity index (χ3v) is 4.69. The van der Waals surface area contributed by atoms with E-state index in [-0.39, 0.29) is 0 Å². The van der Waals surface area contributed by atoms with Gasteiger partial charge in [-0.15, -0.1) is 0 Å². The third-order valence-electron chi connectivity index (χ3n) is 3.23. The second-order valence-electron chi connectivity index (χ2n) is 4.75. The topological polar surface area (TPSA) is 55.1 Å². The summed E-state index contributed by atoms with van der Waals surface area (Å²) >= 11 is 15.2. The van der Waals surface area contributed by atoms with Gasteiger partial charge in [-0.2, -0.15) is 0 Å². The Morgan fingerprint density at radius 2 is 1.81 bits per heavy atom. The molecule has 2 aromatic carbocycles. The average molecular weight is 388 g/mol. The molecule has 1 unspecified atom stereocenters. The minimum Gasteiger partial charge on any atom is -0.368 e. The molecular formula is C15H13BrCl2N2O. The molecule has 2 rings (SSSR count). The SMILES string of the molecule is CC(Nc1ccc(Cl)c(Br)c1)(C(N)=O)c1ccc(Cl)cc1. The number of hydrogen-bond donors (Lipinski definition) is 2. The zero-order chi connectivity index (χ0) is 15.6. The molecule has 1 atom stereocenters. The molecule has 0 aliphatic rings. The maximum Gasteiger partial charge on any atom is 0.247 e. The summed E-state index contributed by atoms with van der Waals surface area (Å²) in [6.07, 6.45) is 0. The summed E-state index contributed by atoms with van der Waals surface area (Å²) in [4.78, 5) is 12.0. The molecule has 110 valence electrons. The lowest BCUT2D eigenvalue weighted by Gasteiger charge is -2.29. The molecule has 21 heavy (non-hydrogen) atoms. The van der Waals surface area contributed by atoms with Gasteiger partial charge >= 0.3 is 0 Å². The fraction of sp³-hybridized carbons (Fsp3) is 0.133. The second kappa shape index (κ2) is 6.26. The van der Waals surface area contributed by atoms with E-state index in [2.05, 4.69) is 21.2 Å². The predicted molar refractivity (Wildman–Crippen MR) is 90.8 cm³/mol. The van der Waals surface area contributed by atoms with E-state index in [1.54, 1.807) is 49.4 Å². The molecule has 3 nitrogen and oxygen atoms in total. The number of nitrogens with two attached hydrogens (primary N) is 1. The standard InChI is InChI=1S/C15H13BrCl2N2O/c1-15(14(19)21,9-2-4-10(17)5-3-9)20-11-6-7-13(18)12(16)8-11/h2-8,20H,1H3,(H2,19,21). The van der Waals surface area contributed by atoms with Crippen molar-refractivity contribution in [2.75, 3.05) is 5.32 Å². The van der Waals surface area contributed by atoms with Crippen molar-refractivity contribution in [3.63, 3.8) is 0 Å². The van der Waals surface area contributed by atoms with Crippen molar-refractivity contribution >= 4 is 50.7 Å². The monoisotopic (exact) mass is 386 g/mol. The van der Waals surface area contributed by atoms with Crippen LogP contribution < -0.4 is 11.1 Å². The highest BCUT2D eigenvalue weighted by Crippen LogP contribution is 2.31. The zero-order valence-electron chi connectivity index (χ0n) is 11.2. The van der Waals surface area contributed by atoms with Gasteiger partial charge in [0, 0.05) is 15.2 Å². The lowest BCUT2D eigenvalue weighted by molar-refractivity contribution is -0.122. The third kappa shape index (κ3) is 3.51. The number of anilines is 1. The molecule has 0 saturated carbocycles. The van der Waals surface area contributed by atoms with Crippen LogP contribution in [0.25, 0.3) is 0 Å². The molecule has 6 heteroatoms. The Morgan fingerprint density at radius 3 is 2.33 bits per heavy atom. The number of carbonyl (C=O) groups is 1. The van der Waals surface area contributed by atoms with Gasteiger partial charge in [0.1, 0.15) is 5.54 Å². The first-order valence-electron chi connectivity index (χ1n) is 6.12. The van der Waals surface area contributed by atoms with Crippen LogP contribution in [0.4, 0.5) is 5.69 Å². The van der Waals surface area contributed by atoms with E-state index in [1.807, 2.05) is 0 Å². The number of carbonyl (C=O) groups excluding carboxylic acids is 1. The fourth-order valence-corrected chi connectivity index (χ4v) is 2.54. The van der Waals surface area contributed by atoms with Gasteiger partial charge in [-0.3, -0.25) is 4.79 Å². The molecule has 2 aromatic rings. The van der Waals surface area contributed by atoms with Crippen LogP contribution in [0.5, 0.6) is 0 Å². The second-order valence-corrected chi connectivity index (χ2v) is 6.45. The minimum absolute atomic E-state index is 0.490. The first-order valence-corrected chi connectivity index (χ1v) is 7.67. The maximum atomic E-state index is 12.0. The molecule has 0 aromatic heterocycles. The quantitative estimate of drug-likeness (QED) is 0.807. The van der Waals surface area contributed by atoms with E-state index >= 15 is 0 Å². The van der Waals surface area contributed by atoms with E-state index < -0.39 is 11.4 Å². The summed E-state index contributed by atoms with van der Waals surface area (Å²) in [6.45, 7) is 1.72. The van der Waals surface area contributed by atoms with Crippen LogP contribution in [-0.2, 0) is 10.3 Å². The molecule has 0 aliphatic carbocycles. The first kappa shape index (κ1) is 16.1. The molecular weight excluding hydrogens is 375 g/mol. The van der Waals surface area contributed by atoms with Gasteiger partial charge in [0.2, 0.25) is 5.91 Å².